The zero-order valence-electron chi connectivity index (χ0n) is 10.8. The van der Waals surface area contributed by atoms with Gasteiger partial charge in [-0.05, 0) is 24.7 Å². The maximum Gasteiger partial charge on any atom is 0.168 e. The molecule has 0 aliphatic carbocycles. The summed E-state index contributed by atoms with van der Waals surface area (Å²) in [4.78, 5) is 1.82. The lowest BCUT2D eigenvalue weighted by Crippen LogP contribution is -2.37. The first-order valence-corrected chi connectivity index (χ1v) is 6.27. The largest absolute Gasteiger partial charge is 0.385 e. The first-order valence-electron chi connectivity index (χ1n) is 5.86. The summed E-state index contributed by atoms with van der Waals surface area (Å²) in [5.74, 6) is -0.202. The minimum absolute atomic E-state index is 0.202. The van der Waals surface area contributed by atoms with Gasteiger partial charge in [0.2, 0.25) is 0 Å². The Morgan fingerprint density at radius 2 is 2.17 bits per heavy atom. The van der Waals surface area contributed by atoms with Crippen LogP contribution in [0.1, 0.15) is 12.0 Å². The normalized spacial score (nSPS) is 10.2. The van der Waals surface area contributed by atoms with Crippen LogP contribution >= 0.6 is 12.2 Å². The molecule has 1 rings (SSSR count). The van der Waals surface area contributed by atoms with Crippen LogP contribution in [0.4, 0.5) is 4.39 Å². The molecular formula is C13H19FN2OS. The average Bonchev–Trinajstić information content (AvgIpc) is 2.37. The van der Waals surface area contributed by atoms with Crippen molar-refractivity contribution in [2.45, 2.75) is 13.0 Å². The van der Waals surface area contributed by atoms with Crippen LogP contribution in [0.3, 0.4) is 0 Å². The van der Waals surface area contributed by atoms with Gasteiger partial charge in [-0.1, -0.05) is 18.2 Å². The highest BCUT2D eigenvalue weighted by Gasteiger charge is 2.07. The number of hydrogen-bond acceptors (Lipinski definition) is 2. The maximum atomic E-state index is 13.5. The minimum atomic E-state index is -0.202. The first kappa shape index (κ1) is 14.9. The van der Waals surface area contributed by atoms with E-state index in [1.807, 2.05) is 18.0 Å². The van der Waals surface area contributed by atoms with Gasteiger partial charge in [0.25, 0.3) is 0 Å². The minimum Gasteiger partial charge on any atom is -0.385 e. The Bertz CT molecular complexity index is 387. The molecule has 5 heteroatoms. The van der Waals surface area contributed by atoms with Gasteiger partial charge in [0, 0.05) is 39.4 Å². The monoisotopic (exact) mass is 270 g/mol. The molecule has 1 aromatic rings. The number of hydrogen-bond donors (Lipinski definition) is 1. The van der Waals surface area contributed by atoms with E-state index in [0.717, 1.165) is 13.0 Å². The fourth-order valence-corrected chi connectivity index (χ4v) is 1.67. The quantitative estimate of drug-likeness (QED) is 0.632. The molecule has 0 heterocycles. The third kappa shape index (κ3) is 4.98. The lowest BCUT2D eigenvalue weighted by Gasteiger charge is -2.21. The van der Waals surface area contributed by atoms with Gasteiger partial charge in [-0.15, -0.1) is 0 Å². The van der Waals surface area contributed by atoms with Crippen LogP contribution in [-0.4, -0.2) is 37.3 Å². The van der Waals surface area contributed by atoms with Crippen LogP contribution in [0.5, 0.6) is 0 Å². The van der Waals surface area contributed by atoms with Crippen LogP contribution < -0.4 is 5.32 Å². The highest BCUT2D eigenvalue weighted by atomic mass is 32.1. The number of ether oxygens (including phenoxy) is 1. The van der Waals surface area contributed by atoms with E-state index < -0.39 is 0 Å². The molecule has 0 spiro atoms. The van der Waals surface area contributed by atoms with Crippen molar-refractivity contribution in [3.8, 4) is 0 Å². The van der Waals surface area contributed by atoms with E-state index in [9.17, 15) is 4.39 Å². The van der Waals surface area contributed by atoms with Crippen LogP contribution in [0.2, 0.25) is 0 Å². The number of halogens is 1. The molecule has 0 aliphatic rings. The van der Waals surface area contributed by atoms with Gasteiger partial charge in [0.05, 0.1) is 0 Å². The van der Waals surface area contributed by atoms with E-state index in [0.29, 0.717) is 23.8 Å². The molecule has 1 aromatic carbocycles. The molecule has 0 radical (unpaired) electrons. The summed E-state index contributed by atoms with van der Waals surface area (Å²) in [6.07, 6.45) is 0.893. The fourth-order valence-electron chi connectivity index (χ4n) is 1.50. The molecule has 1 N–H and O–H groups in total. The number of nitrogens with one attached hydrogen (secondary N) is 1. The highest BCUT2D eigenvalue weighted by Crippen LogP contribution is 2.08. The molecule has 0 aliphatic heterocycles. The smallest absolute Gasteiger partial charge is 0.168 e. The Morgan fingerprint density at radius 3 is 2.83 bits per heavy atom. The Hall–Kier alpha value is -1.20. The van der Waals surface area contributed by atoms with E-state index in [1.165, 1.54) is 6.07 Å². The Labute approximate surface area is 113 Å². The van der Waals surface area contributed by atoms with E-state index >= 15 is 0 Å². The standard InChI is InChI=1S/C13H19FN2OS/c1-16(13(18)15-8-5-9-17-2)10-11-6-3-4-7-12(11)14/h3-4,6-7H,5,8-10H2,1-2H3,(H,15,18). The average molecular weight is 270 g/mol. The maximum absolute atomic E-state index is 13.5. The number of thiocarbonyl (C=S) groups is 1. The second-order valence-electron chi connectivity index (χ2n) is 4.03. The van der Waals surface area contributed by atoms with Gasteiger partial charge in [0.1, 0.15) is 5.82 Å². The van der Waals surface area contributed by atoms with Crippen LogP contribution in [-0.2, 0) is 11.3 Å². The summed E-state index contributed by atoms with van der Waals surface area (Å²) in [5.41, 5.74) is 0.640. The third-order valence-electron chi connectivity index (χ3n) is 2.51. The van der Waals surface area contributed by atoms with E-state index in [4.69, 9.17) is 17.0 Å². The van der Waals surface area contributed by atoms with Crippen molar-refractivity contribution in [2.75, 3.05) is 27.3 Å². The molecular weight excluding hydrogens is 251 g/mol. The zero-order chi connectivity index (χ0) is 13.4. The Balaban J connectivity index is 2.38. The highest BCUT2D eigenvalue weighted by molar-refractivity contribution is 7.80. The molecule has 0 saturated heterocycles. The van der Waals surface area contributed by atoms with E-state index in [-0.39, 0.29) is 5.82 Å². The predicted octanol–water partition coefficient (Wildman–Crippen LogP) is 2.17. The number of nitrogens with zero attached hydrogens (tertiary/aromatic N) is 1. The van der Waals surface area contributed by atoms with Gasteiger partial charge < -0.3 is 15.0 Å². The topological polar surface area (TPSA) is 24.5 Å². The summed E-state index contributed by atoms with van der Waals surface area (Å²) in [7, 11) is 3.51. The Kier molecular flexibility index (Phi) is 6.60. The summed E-state index contributed by atoms with van der Waals surface area (Å²) < 4.78 is 18.4. The van der Waals surface area contributed by atoms with Crippen molar-refractivity contribution in [3.63, 3.8) is 0 Å². The lowest BCUT2D eigenvalue weighted by atomic mass is 10.2. The molecule has 0 aromatic heterocycles. The van der Waals surface area contributed by atoms with Gasteiger partial charge >= 0.3 is 0 Å². The van der Waals surface area contributed by atoms with Gasteiger partial charge in [-0.2, -0.15) is 0 Å². The van der Waals surface area contributed by atoms with Gasteiger partial charge in [-0.25, -0.2) is 4.39 Å². The van der Waals surface area contributed by atoms with Gasteiger partial charge in [-0.3, -0.25) is 0 Å². The SMILES string of the molecule is COCCCNC(=S)N(C)Cc1ccccc1F. The summed E-state index contributed by atoms with van der Waals surface area (Å²) in [6.45, 7) is 1.92. The molecule has 0 fully saturated rings. The molecule has 0 saturated carbocycles. The molecule has 3 nitrogen and oxygen atoms in total. The predicted molar refractivity (Wildman–Crippen MR) is 75.0 cm³/mol. The van der Waals surface area contributed by atoms with Crippen molar-refractivity contribution in [2.24, 2.45) is 0 Å². The second-order valence-corrected chi connectivity index (χ2v) is 4.41. The van der Waals surface area contributed by atoms with Crippen LogP contribution in [0.15, 0.2) is 24.3 Å². The second kappa shape index (κ2) is 8.00. The molecule has 0 unspecified atom stereocenters. The molecule has 100 valence electrons. The van der Waals surface area contributed by atoms with E-state index in [2.05, 4.69) is 5.32 Å². The van der Waals surface area contributed by atoms with Crippen molar-refractivity contribution < 1.29 is 9.13 Å². The van der Waals surface area contributed by atoms with Gasteiger partial charge in [0.15, 0.2) is 5.11 Å². The number of methoxy groups -OCH3 is 1. The summed E-state index contributed by atoms with van der Waals surface area (Å²) in [5, 5.41) is 3.73. The first-order chi connectivity index (χ1) is 8.65. The summed E-state index contributed by atoms with van der Waals surface area (Å²) in [6, 6.07) is 6.72. The summed E-state index contributed by atoms with van der Waals surface area (Å²) >= 11 is 5.22. The van der Waals surface area contributed by atoms with Crippen molar-refractivity contribution >= 4 is 17.3 Å². The molecule has 0 atom stereocenters. The van der Waals surface area contributed by atoms with Crippen LogP contribution in [0.25, 0.3) is 0 Å². The van der Waals surface area contributed by atoms with Crippen molar-refractivity contribution in [1.82, 2.24) is 10.2 Å². The number of benzene rings is 1. The lowest BCUT2D eigenvalue weighted by molar-refractivity contribution is 0.195. The van der Waals surface area contributed by atoms with E-state index in [1.54, 1.807) is 19.2 Å². The van der Waals surface area contributed by atoms with Crippen LogP contribution in [0, 0.1) is 5.82 Å². The fraction of sp³-hybridized carbons (Fsp3) is 0.462. The zero-order valence-corrected chi connectivity index (χ0v) is 11.6. The van der Waals surface area contributed by atoms with Crippen molar-refractivity contribution in [1.29, 1.82) is 0 Å². The third-order valence-corrected chi connectivity index (χ3v) is 2.97. The Morgan fingerprint density at radius 1 is 1.44 bits per heavy atom. The molecule has 0 amide bonds. The van der Waals surface area contributed by atoms with Crippen molar-refractivity contribution in [3.05, 3.63) is 35.6 Å². The number of rotatable bonds is 6. The molecule has 0 bridgehead atoms. The molecule has 18 heavy (non-hydrogen) atoms.